The van der Waals surface area contributed by atoms with E-state index >= 15 is 0 Å². The van der Waals surface area contributed by atoms with Gasteiger partial charge in [0.25, 0.3) is 0 Å². The molecule has 0 atom stereocenters. The van der Waals surface area contributed by atoms with Gasteiger partial charge >= 0.3 is 0 Å². The second-order valence-electron chi connectivity index (χ2n) is 6.33. The van der Waals surface area contributed by atoms with E-state index in [1.165, 1.54) is 6.42 Å². The van der Waals surface area contributed by atoms with Crippen LogP contribution < -0.4 is 0 Å². The van der Waals surface area contributed by atoms with Crippen molar-refractivity contribution in [1.82, 2.24) is 0 Å². The zero-order chi connectivity index (χ0) is 16.9. The number of hydrogen-bond donors (Lipinski definition) is 2. The van der Waals surface area contributed by atoms with Gasteiger partial charge in [0.15, 0.2) is 0 Å². The summed E-state index contributed by atoms with van der Waals surface area (Å²) in [6, 6.07) is 11.4. The second kappa shape index (κ2) is 7.35. The Balaban J connectivity index is 0.000000745. The first-order chi connectivity index (χ1) is 10.2. The SMILES string of the molecule is CCC.Cc1cc(C(C)(C)c2ccc(O)c(C)c2)ccc1O. The maximum absolute atomic E-state index is 9.63. The fourth-order valence-electron chi connectivity index (χ4n) is 2.26. The average molecular weight is 300 g/mol. The van der Waals surface area contributed by atoms with E-state index < -0.39 is 0 Å². The zero-order valence-electron chi connectivity index (χ0n) is 14.6. The van der Waals surface area contributed by atoms with Gasteiger partial charge < -0.3 is 10.2 Å². The Morgan fingerprint density at radius 2 is 1.09 bits per heavy atom. The minimum atomic E-state index is -0.170. The van der Waals surface area contributed by atoms with Gasteiger partial charge in [0.1, 0.15) is 11.5 Å². The summed E-state index contributed by atoms with van der Waals surface area (Å²) in [7, 11) is 0. The third kappa shape index (κ3) is 4.03. The molecule has 2 aromatic carbocycles. The van der Waals surface area contributed by atoms with Crippen LogP contribution in [0.3, 0.4) is 0 Å². The Kier molecular flexibility index (Phi) is 6.04. The minimum absolute atomic E-state index is 0.170. The molecule has 0 fully saturated rings. The zero-order valence-corrected chi connectivity index (χ0v) is 14.6. The molecule has 2 heteroatoms. The van der Waals surface area contributed by atoms with Crippen LogP contribution in [0.5, 0.6) is 11.5 Å². The molecule has 0 amide bonds. The molecule has 0 radical (unpaired) electrons. The summed E-state index contributed by atoms with van der Waals surface area (Å²) in [5.41, 5.74) is 3.87. The molecular formula is C20H28O2. The molecule has 2 aromatic rings. The highest BCUT2D eigenvalue weighted by Gasteiger charge is 2.24. The Bertz CT molecular complexity index is 574. The van der Waals surface area contributed by atoms with Gasteiger partial charge in [-0.3, -0.25) is 0 Å². The average Bonchev–Trinajstić information content (AvgIpc) is 2.45. The predicted octanol–water partition coefficient (Wildman–Crippen LogP) is 5.46. The van der Waals surface area contributed by atoms with E-state index in [0.29, 0.717) is 11.5 Å². The van der Waals surface area contributed by atoms with Crippen LogP contribution in [0.2, 0.25) is 0 Å². The summed E-state index contributed by atoms with van der Waals surface area (Å²) in [6.45, 7) is 12.3. The quantitative estimate of drug-likeness (QED) is 0.773. The smallest absolute Gasteiger partial charge is 0.118 e. The molecule has 0 bridgehead atoms. The summed E-state index contributed by atoms with van der Waals surface area (Å²) < 4.78 is 0. The van der Waals surface area contributed by atoms with Crippen LogP contribution in [0.15, 0.2) is 36.4 Å². The lowest BCUT2D eigenvalue weighted by Crippen LogP contribution is -2.19. The van der Waals surface area contributed by atoms with Gasteiger partial charge in [-0.1, -0.05) is 58.4 Å². The molecule has 0 saturated carbocycles. The molecule has 0 aliphatic rings. The van der Waals surface area contributed by atoms with E-state index in [0.717, 1.165) is 22.3 Å². The third-order valence-electron chi connectivity index (χ3n) is 3.84. The summed E-state index contributed by atoms with van der Waals surface area (Å²) in [5.74, 6) is 0.642. The molecule has 0 unspecified atom stereocenters. The van der Waals surface area contributed by atoms with Crippen LogP contribution in [-0.4, -0.2) is 10.2 Å². The Morgan fingerprint density at radius 3 is 1.36 bits per heavy atom. The monoisotopic (exact) mass is 300 g/mol. The van der Waals surface area contributed by atoms with E-state index in [2.05, 4.69) is 27.7 Å². The molecule has 22 heavy (non-hydrogen) atoms. The van der Waals surface area contributed by atoms with E-state index in [9.17, 15) is 10.2 Å². The Morgan fingerprint density at radius 1 is 0.773 bits per heavy atom. The van der Waals surface area contributed by atoms with Crippen LogP contribution in [-0.2, 0) is 5.41 Å². The van der Waals surface area contributed by atoms with Gasteiger partial charge in [-0.25, -0.2) is 0 Å². The maximum atomic E-state index is 9.63. The van der Waals surface area contributed by atoms with Crippen molar-refractivity contribution in [2.24, 2.45) is 0 Å². The largest absolute Gasteiger partial charge is 0.508 e. The van der Waals surface area contributed by atoms with E-state index in [1.807, 2.05) is 38.1 Å². The molecule has 2 rings (SSSR count). The van der Waals surface area contributed by atoms with Crippen molar-refractivity contribution < 1.29 is 10.2 Å². The molecule has 2 N–H and O–H groups in total. The standard InChI is InChI=1S/C17H20O2.C3H8/c1-11-9-13(5-7-15(11)18)17(3,4)14-6-8-16(19)12(2)10-14;1-3-2/h5-10,18-19H,1-4H3;3H2,1-2H3. The van der Waals surface area contributed by atoms with Gasteiger partial charge in [-0.05, 0) is 48.2 Å². The van der Waals surface area contributed by atoms with E-state index in [4.69, 9.17) is 0 Å². The normalized spacial score (nSPS) is 10.8. The molecule has 120 valence electrons. The summed E-state index contributed by atoms with van der Waals surface area (Å²) in [4.78, 5) is 0. The molecule has 2 nitrogen and oxygen atoms in total. The minimum Gasteiger partial charge on any atom is -0.508 e. The highest BCUT2D eigenvalue weighted by Crippen LogP contribution is 2.35. The maximum Gasteiger partial charge on any atom is 0.118 e. The van der Waals surface area contributed by atoms with Crippen molar-refractivity contribution in [3.63, 3.8) is 0 Å². The fraction of sp³-hybridized carbons (Fsp3) is 0.400. The lowest BCUT2D eigenvalue weighted by atomic mass is 9.77. The lowest BCUT2D eigenvalue weighted by molar-refractivity contribution is 0.469. The van der Waals surface area contributed by atoms with Gasteiger partial charge in [0, 0.05) is 5.41 Å². The van der Waals surface area contributed by atoms with Crippen LogP contribution in [0, 0.1) is 13.8 Å². The predicted molar refractivity (Wildman–Crippen MR) is 93.8 cm³/mol. The number of hydrogen-bond acceptors (Lipinski definition) is 2. The topological polar surface area (TPSA) is 40.5 Å². The van der Waals surface area contributed by atoms with E-state index in [-0.39, 0.29) is 5.41 Å². The van der Waals surface area contributed by atoms with Gasteiger partial charge in [-0.2, -0.15) is 0 Å². The lowest BCUT2D eigenvalue weighted by Gasteiger charge is -2.27. The summed E-state index contributed by atoms with van der Waals surface area (Å²) in [6.07, 6.45) is 1.25. The summed E-state index contributed by atoms with van der Waals surface area (Å²) >= 11 is 0. The van der Waals surface area contributed by atoms with Crippen molar-refractivity contribution in [2.45, 2.75) is 53.4 Å². The van der Waals surface area contributed by atoms with Crippen molar-refractivity contribution >= 4 is 0 Å². The number of phenols is 2. The van der Waals surface area contributed by atoms with Crippen LogP contribution >= 0.6 is 0 Å². The molecule has 0 aromatic heterocycles. The molecule has 0 spiro atoms. The van der Waals surface area contributed by atoms with Crippen LogP contribution in [0.1, 0.15) is 56.4 Å². The fourth-order valence-corrected chi connectivity index (χ4v) is 2.26. The van der Waals surface area contributed by atoms with Crippen molar-refractivity contribution in [1.29, 1.82) is 0 Å². The van der Waals surface area contributed by atoms with Crippen LogP contribution in [0.25, 0.3) is 0 Å². The highest BCUT2D eigenvalue weighted by molar-refractivity contribution is 5.46. The molecule has 0 heterocycles. The molecular weight excluding hydrogens is 272 g/mol. The number of aromatic hydroxyl groups is 2. The second-order valence-corrected chi connectivity index (χ2v) is 6.33. The number of phenolic OH excluding ortho intramolecular Hbond substituents is 2. The van der Waals surface area contributed by atoms with Crippen molar-refractivity contribution in [2.75, 3.05) is 0 Å². The first-order valence-corrected chi connectivity index (χ1v) is 7.84. The first-order valence-electron chi connectivity index (χ1n) is 7.84. The van der Waals surface area contributed by atoms with Gasteiger partial charge in [0.2, 0.25) is 0 Å². The Labute approximate surface area is 134 Å². The third-order valence-corrected chi connectivity index (χ3v) is 3.84. The van der Waals surface area contributed by atoms with E-state index in [1.54, 1.807) is 12.1 Å². The van der Waals surface area contributed by atoms with Crippen LogP contribution in [0.4, 0.5) is 0 Å². The molecule has 0 aliphatic carbocycles. The first kappa shape index (κ1) is 18.1. The Hall–Kier alpha value is -1.96. The van der Waals surface area contributed by atoms with Gasteiger partial charge in [0.05, 0.1) is 0 Å². The highest BCUT2D eigenvalue weighted by atomic mass is 16.3. The molecule has 0 aliphatic heterocycles. The number of benzene rings is 2. The van der Waals surface area contributed by atoms with Crippen molar-refractivity contribution in [3.05, 3.63) is 58.7 Å². The molecule has 0 saturated heterocycles. The van der Waals surface area contributed by atoms with Gasteiger partial charge in [-0.15, -0.1) is 0 Å². The number of aryl methyl sites for hydroxylation is 2. The number of rotatable bonds is 2. The summed E-state index contributed by atoms with van der Waals surface area (Å²) in [5, 5.41) is 19.3. The van der Waals surface area contributed by atoms with Crippen molar-refractivity contribution in [3.8, 4) is 11.5 Å².